The van der Waals surface area contributed by atoms with Crippen molar-refractivity contribution in [3.05, 3.63) is 65.9 Å². The number of aliphatic carboxylic acids is 3. The minimum atomic E-state index is -1.89. The molecule has 1 aliphatic heterocycles. The Balaban J connectivity index is 1.39. The van der Waals surface area contributed by atoms with Crippen molar-refractivity contribution >= 4 is 123 Å². The Morgan fingerprint density at radius 3 is 1.64 bits per heavy atom. The van der Waals surface area contributed by atoms with E-state index >= 15 is 0 Å². The SMILES string of the molecule is CSCC[C@H](N)C(=O)N[C@@H](C)C(=O)N[C@@H](CCC(=O)O)C(=O)N[C@H](C(=O)N[C@H](C(=O)N[C@@H](CCCCN)C(=O)N[C@@H](Cc1ccc(O)cc1)C(=O)N[C@@H](C)C(=O)N[C@@H](CC(=O)O)C(=O)NCC(=O)N[C@H](C(=O)NCC(=O)N1CCC[C@H]1C(=O)NCC(=O)N[C@@H](Cc1c[nH]c2ccccc12)C(=O)O)C(C)C)C(C)C)C(C)C. The van der Waals surface area contributed by atoms with E-state index in [2.05, 4.69) is 74.1 Å². The third kappa shape index (κ3) is 30.8. The number of carboxylic acid groups (broad SMARTS) is 3. The van der Waals surface area contributed by atoms with E-state index in [-0.39, 0.29) is 50.9 Å². The molecule has 0 unspecified atom stereocenters. The van der Waals surface area contributed by atoms with E-state index < -0.39 is 230 Å². The van der Waals surface area contributed by atoms with E-state index in [1.807, 2.05) is 12.3 Å². The summed E-state index contributed by atoms with van der Waals surface area (Å²) in [4.78, 5) is 231. The maximum Gasteiger partial charge on any atom is 0.326 e. The van der Waals surface area contributed by atoms with Crippen LogP contribution in [-0.2, 0) is 94.3 Å². The predicted octanol–water partition coefficient (Wildman–Crippen LogP) is -3.51. The quantitative estimate of drug-likeness (QED) is 0.0244. The number of phenolic OH excluding ortho intramolecular Hbond substituents is 1. The molecule has 1 fully saturated rings. The number of carboxylic acids is 3. The molecule has 2 aromatic carbocycles. The van der Waals surface area contributed by atoms with Crippen LogP contribution in [0.3, 0.4) is 0 Å². The van der Waals surface area contributed by atoms with Gasteiger partial charge in [0.15, 0.2) is 0 Å². The number of carbonyl (C=O) groups is 17. The lowest BCUT2D eigenvalue weighted by Gasteiger charge is -2.30. The van der Waals surface area contributed by atoms with Crippen LogP contribution in [0.25, 0.3) is 10.9 Å². The van der Waals surface area contributed by atoms with Crippen LogP contribution in [-0.4, -0.2) is 248 Å². The van der Waals surface area contributed by atoms with Crippen molar-refractivity contribution in [2.24, 2.45) is 29.2 Å². The Morgan fingerprint density at radius 2 is 1.05 bits per heavy atom. The van der Waals surface area contributed by atoms with Crippen molar-refractivity contribution in [2.75, 3.05) is 44.7 Å². The molecule has 111 heavy (non-hydrogen) atoms. The Hall–Kier alpha value is -11.0. The smallest absolute Gasteiger partial charge is 0.326 e. The van der Waals surface area contributed by atoms with Crippen molar-refractivity contribution in [3.8, 4) is 5.75 Å². The summed E-state index contributed by atoms with van der Waals surface area (Å²) in [5, 5.41) is 71.9. The molecule has 0 bridgehead atoms. The third-order valence-corrected chi connectivity index (χ3v) is 18.6. The van der Waals surface area contributed by atoms with Crippen molar-refractivity contribution in [1.82, 2.24) is 79.0 Å². The van der Waals surface area contributed by atoms with Gasteiger partial charge in [0.2, 0.25) is 82.7 Å². The van der Waals surface area contributed by atoms with E-state index in [1.54, 1.807) is 65.9 Å². The number of hydrogen-bond donors (Lipinski definition) is 20. The minimum absolute atomic E-state index is 0.0570. The monoisotopic (exact) mass is 1580 g/mol. The van der Waals surface area contributed by atoms with Gasteiger partial charge in [0.25, 0.3) is 0 Å². The molecule has 2 heterocycles. The maximum atomic E-state index is 14.5. The lowest BCUT2D eigenvalue weighted by atomic mass is 9.98. The number of hydrogen-bond acceptors (Lipinski definition) is 21. The van der Waals surface area contributed by atoms with Gasteiger partial charge in [-0.1, -0.05) is 71.9 Å². The summed E-state index contributed by atoms with van der Waals surface area (Å²) in [5.41, 5.74) is 13.5. The van der Waals surface area contributed by atoms with Crippen molar-refractivity contribution < 1.29 is 102 Å². The molecule has 0 aliphatic carbocycles. The number of nitrogens with one attached hydrogen (secondary N) is 14. The average Bonchev–Trinajstić information content (AvgIpc) is 1.81. The van der Waals surface area contributed by atoms with Gasteiger partial charge in [-0.25, -0.2) is 4.79 Å². The first-order valence-corrected chi connectivity index (χ1v) is 37.8. The number of thioether (sulfide) groups is 1. The number of aromatic nitrogens is 1. The Bertz CT molecular complexity index is 3780. The second-order valence-electron chi connectivity index (χ2n) is 27.9. The summed E-state index contributed by atoms with van der Waals surface area (Å²) in [6.07, 6.45) is 2.41. The van der Waals surface area contributed by atoms with Gasteiger partial charge in [0.1, 0.15) is 72.2 Å². The largest absolute Gasteiger partial charge is 0.508 e. The lowest BCUT2D eigenvalue weighted by Crippen LogP contribution is -2.61. The van der Waals surface area contributed by atoms with Crippen LogP contribution in [0.2, 0.25) is 0 Å². The molecule has 0 radical (unpaired) electrons. The first-order valence-electron chi connectivity index (χ1n) is 36.4. The Morgan fingerprint density at radius 1 is 0.523 bits per heavy atom. The summed E-state index contributed by atoms with van der Waals surface area (Å²) in [7, 11) is 0. The number of aromatic amines is 1. The number of nitrogens with two attached hydrogens (primary N) is 2. The first-order chi connectivity index (χ1) is 52.3. The maximum absolute atomic E-state index is 14.5. The number of carbonyl (C=O) groups excluding carboxylic acids is 14. The van der Waals surface area contributed by atoms with E-state index in [9.17, 15) is 102 Å². The number of nitrogens with zero attached hydrogens (tertiary/aromatic N) is 1. The number of H-pyrrole nitrogens is 1. The van der Waals surface area contributed by atoms with Gasteiger partial charge in [0.05, 0.1) is 32.1 Å². The molecule has 0 spiro atoms. The standard InChI is InChI=1S/C72H107N17O21S/c1-36(2)58(69(106)78-35-55(93)89-27-14-18-52(89)68(105)77-33-53(91)81-51(72(109)110)30-42-32-75-46-16-11-10-15-44(42)46)86-54(92)34-76-64(101)50(31-57(96)97)84-62(99)40(8)80-67(104)49(29-41-19-21-43(90)22-20-41)85-65(102)47(17-12-13-26-73)83-70(107)59(37(3)4)88-71(108)60(38(5)6)87-66(103)48(23-24-56(94)95)82-61(98)39(7)79-63(100)45(74)25-28-111-9/h10-11,15-16,19-22,32,36-40,45,47-52,58-60,75,90H,12-14,17-18,23-31,33-35,73-74H2,1-9H3,(H,76,101)(H,77,105)(H,78,106)(H,79,100)(H,80,104)(H,81,91)(H,82,98)(H,83,107)(H,84,99)(H,85,102)(H,86,92)(H,87,103)(H,88,108)(H,94,95)(H,96,97)(H,109,110)/t39-,40-,45-,47-,48-,49-,50-,51-,52-,58-,59-,60-/m0/s1. The summed E-state index contributed by atoms with van der Waals surface area (Å²) in [5.74, 6) is -18.4. The zero-order valence-electron chi connectivity index (χ0n) is 63.6. The summed E-state index contributed by atoms with van der Waals surface area (Å²) >= 11 is 1.46. The van der Waals surface area contributed by atoms with Crippen LogP contribution in [0.5, 0.6) is 5.75 Å². The molecule has 22 N–H and O–H groups in total. The van der Waals surface area contributed by atoms with Gasteiger partial charge >= 0.3 is 17.9 Å². The Kier molecular flexibility index (Phi) is 38.2. The number of unbranched alkanes of at least 4 members (excludes halogenated alkanes) is 1. The molecule has 12 atom stereocenters. The number of aromatic hydroxyl groups is 1. The molecule has 4 rings (SSSR count). The van der Waals surface area contributed by atoms with Crippen molar-refractivity contribution in [1.29, 1.82) is 0 Å². The highest BCUT2D eigenvalue weighted by Crippen LogP contribution is 2.21. The average molecular weight is 1580 g/mol. The van der Waals surface area contributed by atoms with Crippen LogP contribution < -0.4 is 80.6 Å². The fourth-order valence-electron chi connectivity index (χ4n) is 11.6. The molecule has 612 valence electrons. The molecule has 38 nitrogen and oxygen atoms in total. The van der Waals surface area contributed by atoms with E-state index in [1.165, 1.54) is 47.9 Å². The number of benzene rings is 2. The molecule has 14 amide bonds. The van der Waals surface area contributed by atoms with E-state index in [4.69, 9.17) is 11.5 Å². The normalized spacial score (nSPS) is 15.5. The van der Waals surface area contributed by atoms with Gasteiger partial charge in [-0.15, -0.1) is 0 Å². The van der Waals surface area contributed by atoms with Gasteiger partial charge < -0.3 is 111 Å². The van der Waals surface area contributed by atoms with Gasteiger partial charge in [-0.3, -0.25) is 76.7 Å². The highest BCUT2D eigenvalue weighted by Gasteiger charge is 2.39. The number of para-hydroxylation sites is 1. The van der Waals surface area contributed by atoms with Crippen LogP contribution >= 0.6 is 11.8 Å². The predicted molar refractivity (Wildman–Crippen MR) is 403 cm³/mol. The molecule has 0 saturated carbocycles. The van der Waals surface area contributed by atoms with E-state index in [0.29, 0.717) is 36.1 Å². The molecule has 39 heteroatoms. The second-order valence-corrected chi connectivity index (χ2v) is 28.9. The van der Waals surface area contributed by atoms with Crippen LogP contribution in [0, 0.1) is 17.8 Å². The molecule has 1 aliphatic rings. The second kappa shape index (κ2) is 45.9. The molecule has 1 aromatic heterocycles. The molecule has 1 saturated heterocycles. The van der Waals surface area contributed by atoms with Crippen LogP contribution in [0.15, 0.2) is 54.7 Å². The van der Waals surface area contributed by atoms with Crippen molar-refractivity contribution in [2.45, 2.75) is 199 Å². The summed E-state index contributed by atoms with van der Waals surface area (Å²) in [6.45, 7) is 10.0. The number of rotatable bonds is 47. The highest BCUT2D eigenvalue weighted by atomic mass is 32.2. The molecule has 3 aromatic rings. The van der Waals surface area contributed by atoms with Crippen molar-refractivity contribution in [3.63, 3.8) is 0 Å². The number of amides is 14. The zero-order chi connectivity index (χ0) is 82.9. The number of fused-ring (bicyclic) bond motifs is 1. The summed E-state index contributed by atoms with van der Waals surface area (Å²) in [6, 6.07) is -4.10. The molecular formula is C72H107N17O21S. The van der Waals surface area contributed by atoms with Gasteiger partial charge in [-0.05, 0) is 124 Å². The van der Waals surface area contributed by atoms with Crippen LogP contribution in [0.4, 0.5) is 0 Å². The van der Waals surface area contributed by atoms with Gasteiger partial charge in [-0.2, -0.15) is 11.8 Å². The lowest BCUT2D eigenvalue weighted by molar-refractivity contribution is -0.142. The third-order valence-electron chi connectivity index (χ3n) is 18.0. The minimum Gasteiger partial charge on any atom is -0.508 e. The zero-order valence-corrected chi connectivity index (χ0v) is 64.4. The van der Waals surface area contributed by atoms with Crippen LogP contribution in [0.1, 0.15) is 124 Å². The fraction of sp³-hybridized carbons (Fsp3) is 0.569. The molecular weight excluding hydrogens is 1470 g/mol. The number of likely N-dealkylation sites (tertiary alicyclic amines) is 1. The fourth-order valence-corrected chi connectivity index (χ4v) is 12.1. The topological polar surface area (TPSA) is 599 Å². The Labute approximate surface area is 645 Å². The van der Waals surface area contributed by atoms with E-state index in [0.717, 1.165) is 17.8 Å². The highest BCUT2D eigenvalue weighted by molar-refractivity contribution is 7.98. The first kappa shape index (κ1) is 92.4. The van der Waals surface area contributed by atoms with Gasteiger partial charge in [0, 0.05) is 42.9 Å². The number of phenols is 1. The summed E-state index contributed by atoms with van der Waals surface area (Å²) < 4.78 is 0.